The number of phenols is 2. The van der Waals surface area contributed by atoms with E-state index in [0.717, 1.165) is 19.4 Å². The number of aryl methyl sites for hydroxylation is 2. The smallest absolute Gasteiger partial charge is 0.157 e. The fourth-order valence-corrected chi connectivity index (χ4v) is 5.62. The lowest BCUT2D eigenvalue weighted by atomic mass is 9.74. The number of aromatic hydroxyl groups is 2. The van der Waals surface area contributed by atoms with Crippen molar-refractivity contribution < 1.29 is 10.2 Å². The summed E-state index contributed by atoms with van der Waals surface area (Å²) in [5, 5.41) is 23.6. The van der Waals surface area contributed by atoms with Crippen molar-refractivity contribution in [2.24, 2.45) is 0 Å². The maximum Gasteiger partial charge on any atom is 0.157 e. The third-order valence-corrected chi connectivity index (χ3v) is 6.94. The van der Waals surface area contributed by atoms with Gasteiger partial charge in [-0.3, -0.25) is 0 Å². The van der Waals surface area contributed by atoms with Crippen LogP contribution < -0.4 is 5.32 Å². The van der Waals surface area contributed by atoms with E-state index in [1.54, 1.807) is 12.1 Å². The highest BCUT2D eigenvalue weighted by Gasteiger charge is 2.36. The molecule has 0 fully saturated rings. The number of fused-ring (bicyclic) bond motifs is 5. The summed E-state index contributed by atoms with van der Waals surface area (Å²) in [6, 6.07) is 6.40. The van der Waals surface area contributed by atoms with E-state index in [1.807, 2.05) is 11.3 Å². The van der Waals surface area contributed by atoms with Gasteiger partial charge in [0.1, 0.15) is 0 Å². The van der Waals surface area contributed by atoms with Gasteiger partial charge in [-0.05, 0) is 60.6 Å². The van der Waals surface area contributed by atoms with Gasteiger partial charge in [0.25, 0.3) is 0 Å². The second-order valence-corrected chi connectivity index (χ2v) is 8.67. The number of rotatable bonds is 5. The standard InChI is InChI=1S/C21H27NO2S/c1-2-3-4-5-6-14-10-16-20(25-14)12-22-17-8-7-13-9-18(23)19(24)11-15(13)21(16)17/h9-11,17,21-24H,2-8,12H2,1H3/t17-,21+/m0/s1. The van der Waals surface area contributed by atoms with E-state index in [1.165, 1.54) is 58.5 Å². The third-order valence-electron chi connectivity index (χ3n) is 5.73. The van der Waals surface area contributed by atoms with Gasteiger partial charge < -0.3 is 15.5 Å². The first-order chi connectivity index (χ1) is 12.2. The van der Waals surface area contributed by atoms with Crippen LogP contribution in [-0.4, -0.2) is 16.3 Å². The van der Waals surface area contributed by atoms with E-state index < -0.39 is 0 Å². The van der Waals surface area contributed by atoms with Gasteiger partial charge >= 0.3 is 0 Å². The molecule has 0 saturated carbocycles. The Balaban J connectivity index is 1.64. The molecule has 2 heterocycles. The van der Waals surface area contributed by atoms with Crippen molar-refractivity contribution in [3.8, 4) is 11.5 Å². The molecule has 1 aromatic heterocycles. The number of nitrogens with one attached hydrogen (secondary N) is 1. The molecule has 2 aromatic rings. The Labute approximate surface area is 153 Å². The Morgan fingerprint density at radius 2 is 1.92 bits per heavy atom. The fourth-order valence-electron chi connectivity index (χ4n) is 4.42. The van der Waals surface area contributed by atoms with Crippen molar-refractivity contribution in [2.75, 3.05) is 0 Å². The van der Waals surface area contributed by atoms with Crippen molar-refractivity contribution >= 4 is 11.3 Å². The summed E-state index contributed by atoms with van der Waals surface area (Å²) in [6.07, 6.45) is 8.43. The average Bonchev–Trinajstić information content (AvgIpc) is 3.02. The lowest BCUT2D eigenvalue weighted by Crippen LogP contribution is -2.41. The molecular weight excluding hydrogens is 330 g/mol. The molecule has 0 spiro atoms. The van der Waals surface area contributed by atoms with Crippen LogP contribution in [0.3, 0.4) is 0 Å². The van der Waals surface area contributed by atoms with Gasteiger partial charge in [-0.25, -0.2) is 0 Å². The molecule has 4 rings (SSSR count). The number of hydrogen-bond acceptors (Lipinski definition) is 4. The van der Waals surface area contributed by atoms with Gasteiger partial charge in [-0.1, -0.05) is 26.2 Å². The van der Waals surface area contributed by atoms with Crippen molar-refractivity contribution in [3.05, 3.63) is 44.6 Å². The predicted molar refractivity (Wildman–Crippen MR) is 103 cm³/mol. The van der Waals surface area contributed by atoms with E-state index in [0.29, 0.717) is 12.0 Å². The Hall–Kier alpha value is -1.52. The summed E-state index contributed by atoms with van der Waals surface area (Å²) in [6.45, 7) is 3.22. The van der Waals surface area contributed by atoms with E-state index in [9.17, 15) is 10.2 Å². The number of benzene rings is 1. The van der Waals surface area contributed by atoms with Crippen molar-refractivity contribution in [1.29, 1.82) is 0 Å². The molecule has 2 atom stereocenters. The molecule has 0 bridgehead atoms. The molecule has 1 aliphatic carbocycles. The molecule has 134 valence electrons. The normalized spacial score (nSPS) is 21.5. The number of phenolic OH excluding ortho intramolecular Hbond substituents is 2. The highest BCUT2D eigenvalue weighted by Crippen LogP contribution is 2.46. The van der Waals surface area contributed by atoms with Gasteiger partial charge in [0, 0.05) is 28.3 Å². The maximum atomic E-state index is 10.0. The molecule has 3 N–H and O–H groups in total. The zero-order chi connectivity index (χ0) is 17.4. The highest BCUT2D eigenvalue weighted by molar-refractivity contribution is 7.12. The van der Waals surface area contributed by atoms with Gasteiger partial charge in [0.05, 0.1) is 0 Å². The summed E-state index contributed by atoms with van der Waals surface area (Å²) in [4.78, 5) is 2.95. The minimum absolute atomic E-state index is 0.00143. The van der Waals surface area contributed by atoms with Crippen LogP contribution in [0.2, 0.25) is 0 Å². The molecule has 4 heteroatoms. The van der Waals surface area contributed by atoms with Crippen molar-refractivity contribution in [2.45, 2.75) is 70.4 Å². The number of unbranched alkanes of at least 4 members (excludes halogenated alkanes) is 3. The van der Waals surface area contributed by atoms with Gasteiger partial charge in [0.2, 0.25) is 0 Å². The summed E-state index contributed by atoms with van der Waals surface area (Å²) in [5.74, 6) is 0.310. The SMILES string of the molecule is CCCCCCc1cc2c(s1)CN[C@H]1CCc3cc(O)c(O)cc3[C@H]21. The summed E-state index contributed by atoms with van der Waals surface area (Å²) in [5.41, 5.74) is 3.82. The first-order valence-corrected chi connectivity index (χ1v) is 10.4. The van der Waals surface area contributed by atoms with Crippen LogP contribution in [-0.2, 0) is 19.4 Å². The summed E-state index contributed by atoms with van der Waals surface area (Å²) < 4.78 is 0. The molecule has 25 heavy (non-hydrogen) atoms. The molecule has 1 aromatic carbocycles. The first-order valence-electron chi connectivity index (χ1n) is 9.57. The quantitative estimate of drug-likeness (QED) is 0.530. The van der Waals surface area contributed by atoms with Gasteiger partial charge in [-0.2, -0.15) is 0 Å². The second kappa shape index (κ2) is 7.00. The van der Waals surface area contributed by atoms with E-state index in [4.69, 9.17) is 0 Å². The largest absolute Gasteiger partial charge is 0.504 e. The zero-order valence-electron chi connectivity index (χ0n) is 14.8. The monoisotopic (exact) mass is 357 g/mol. The molecule has 0 saturated heterocycles. The van der Waals surface area contributed by atoms with Crippen LogP contribution in [0.15, 0.2) is 18.2 Å². The lowest BCUT2D eigenvalue weighted by molar-refractivity contribution is 0.382. The van der Waals surface area contributed by atoms with Crippen molar-refractivity contribution in [3.63, 3.8) is 0 Å². The lowest BCUT2D eigenvalue weighted by Gasteiger charge is -2.38. The molecule has 0 amide bonds. The Bertz CT molecular complexity index is 767. The molecular formula is C21H27NO2S. The minimum atomic E-state index is 0.00143. The molecule has 2 aliphatic rings. The summed E-state index contributed by atoms with van der Waals surface area (Å²) in [7, 11) is 0. The van der Waals surface area contributed by atoms with Gasteiger partial charge in [0.15, 0.2) is 11.5 Å². The summed E-state index contributed by atoms with van der Waals surface area (Å²) >= 11 is 1.96. The van der Waals surface area contributed by atoms with E-state index in [2.05, 4.69) is 18.3 Å². The molecule has 1 aliphatic heterocycles. The zero-order valence-corrected chi connectivity index (χ0v) is 15.7. The maximum absolute atomic E-state index is 10.0. The topological polar surface area (TPSA) is 52.5 Å². The first kappa shape index (κ1) is 16.9. The van der Waals surface area contributed by atoms with E-state index >= 15 is 0 Å². The molecule has 0 radical (unpaired) electrons. The van der Waals surface area contributed by atoms with Gasteiger partial charge in [-0.15, -0.1) is 11.3 Å². The van der Waals surface area contributed by atoms with Crippen molar-refractivity contribution in [1.82, 2.24) is 5.32 Å². The van der Waals surface area contributed by atoms with Crippen LogP contribution in [0.4, 0.5) is 0 Å². The molecule has 0 unspecified atom stereocenters. The average molecular weight is 358 g/mol. The van der Waals surface area contributed by atoms with Crippen LogP contribution in [0, 0.1) is 0 Å². The Kier molecular flexibility index (Phi) is 4.74. The van der Waals surface area contributed by atoms with Crippen LogP contribution >= 0.6 is 11.3 Å². The van der Waals surface area contributed by atoms with Crippen LogP contribution in [0.1, 0.15) is 71.4 Å². The predicted octanol–water partition coefficient (Wildman–Crippen LogP) is 4.83. The Morgan fingerprint density at radius 3 is 2.76 bits per heavy atom. The second-order valence-electron chi connectivity index (χ2n) is 7.45. The molecule has 3 nitrogen and oxygen atoms in total. The minimum Gasteiger partial charge on any atom is -0.504 e. The number of hydrogen-bond donors (Lipinski definition) is 3. The fraction of sp³-hybridized carbons (Fsp3) is 0.524. The van der Waals surface area contributed by atoms with Crippen LogP contribution in [0.25, 0.3) is 0 Å². The van der Waals surface area contributed by atoms with Crippen LogP contribution in [0.5, 0.6) is 11.5 Å². The third kappa shape index (κ3) is 3.18. The highest BCUT2D eigenvalue weighted by atomic mass is 32.1. The van der Waals surface area contributed by atoms with E-state index in [-0.39, 0.29) is 11.5 Å². The Morgan fingerprint density at radius 1 is 1.08 bits per heavy atom. The number of thiophene rings is 1.